The number of carbonyl (C=O) groups is 2. The average Bonchev–Trinajstić information content (AvgIpc) is 3.17. The minimum absolute atomic E-state index is 0.0322. The first-order chi connectivity index (χ1) is 13.0. The van der Waals surface area contributed by atoms with Crippen molar-refractivity contribution in [1.29, 1.82) is 0 Å². The highest BCUT2D eigenvalue weighted by Gasteiger charge is 2.37. The highest BCUT2D eigenvalue weighted by Crippen LogP contribution is 2.21. The fraction of sp³-hybridized carbons (Fsp3) is 0.450. The zero-order chi connectivity index (χ0) is 19.0. The molecule has 1 aromatic heterocycles. The molecule has 6 nitrogen and oxygen atoms in total. The van der Waals surface area contributed by atoms with E-state index < -0.39 is 0 Å². The average molecular weight is 385 g/mol. The number of thiazole rings is 1. The molecule has 142 valence electrons. The third-order valence-corrected chi connectivity index (χ3v) is 6.40. The Balaban J connectivity index is 1.27. The Morgan fingerprint density at radius 3 is 2.37 bits per heavy atom. The predicted molar refractivity (Wildman–Crippen MR) is 105 cm³/mol. The lowest BCUT2D eigenvalue weighted by molar-refractivity contribution is 0.00853. The van der Waals surface area contributed by atoms with Crippen molar-refractivity contribution in [2.24, 2.45) is 0 Å². The predicted octanol–water partition coefficient (Wildman–Crippen LogP) is 2.04. The summed E-state index contributed by atoms with van der Waals surface area (Å²) in [5.74, 6) is 0.150. The van der Waals surface area contributed by atoms with E-state index in [-0.39, 0.29) is 11.8 Å². The standard InChI is InChI=1S/C20H24N4O2S/c1-14-3-4-16(11-15(14)2)19(25)24-12-17(13-24)22-6-8-23(9-7-22)20(26)18-21-5-10-27-18/h3-5,10-11,17H,6-9,12-13H2,1-2H3. The summed E-state index contributed by atoms with van der Waals surface area (Å²) < 4.78 is 0. The molecule has 2 aliphatic rings. The molecule has 2 amide bonds. The van der Waals surface area contributed by atoms with E-state index in [2.05, 4.69) is 16.8 Å². The van der Waals surface area contributed by atoms with Gasteiger partial charge in [-0.2, -0.15) is 0 Å². The number of likely N-dealkylation sites (tertiary alicyclic amines) is 1. The molecule has 0 spiro atoms. The first kappa shape index (κ1) is 18.1. The van der Waals surface area contributed by atoms with Gasteiger partial charge in [-0.05, 0) is 37.1 Å². The summed E-state index contributed by atoms with van der Waals surface area (Å²) in [5.41, 5.74) is 3.13. The van der Waals surface area contributed by atoms with Crippen LogP contribution in [-0.2, 0) is 0 Å². The molecule has 1 aromatic carbocycles. The van der Waals surface area contributed by atoms with E-state index in [1.165, 1.54) is 16.9 Å². The van der Waals surface area contributed by atoms with E-state index in [1.54, 1.807) is 6.20 Å². The second-order valence-corrected chi connectivity index (χ2v) is 8.22. The van der Waals surface area contributed by atoms with Crippen LogP contribution in [0, 0.1) is 13.8 Å². The lowest BCUT2D eigenvalue weighted by Gasteiger charge is -2.48. The van der Waals surface area contributed by atoms with Crippen LogP contribution >= 0.6 is 11.3 Å². The third kappa shape index (κ3) is 3.61. The van der Waals surface area contributed by atoms with Crippen LogP contribution in [0.1, 0.15) is 31.3 Å². The van der Waals surface area contributed by atoms with Gasteiger partial charge in [0.1, 0.15) is 0 Å². The molecule has 3 heterocycles. The van der Waals surface area contributed by atoms with Gasteiger partial charge in [0.05, 0.1) is 0 Å². The molecule has 27 heavy (non-hydrogen) atoms. The van der Waals surface area contributed by atoms with Crippen molar-refractivity contribution >= 4 is 23.2 Å². The van der Waals surface area contributed by atoms with Crippen LogP contribution < -0.4 is 0 Å². The highest BCUT2D eigenvalue weighted by atomic mass is 32.1. The molecule has 0 N–H and O–H groups in total. The van der Waals surface area contributed by atoms with Gasteiger partial charge in [0.2, 0.25) is 0 Å². The zero-order valence-corrected chi connectivity index (χ0v) is 16.5. The highest BCUT2D eigenvalue weighted by molar-refractivity contribution is 7.11. The Bertz CT molecular complexity index is 838. The Hall–Kier alpha value is -2.25. The molecule has 0 bridgehead atoms. The van der Waals surface area contributed by atoms with Crippen molar-refractivity contribution in [2.75, 3.05) is 39.3 Å². The van der Waals surface area contributed by atoms with Gasteiger partial charge in [0.15, 0.2) is 5.01 Å². The first-order valence-electron chi connectivity index (χ1n) is 9.32. The fourth-order valence-electron chi connectivity index (χ4n) is 3.66. The third-order valence-electron chi connectivity index (χ3n) is 5.64. The monoisotopic (exact) mass is 384 g/mol. The van der Waals surface area contributed by atoms with Crippen molar-refractivity contribution in [3.8, 4) is 0 Å². The molecule has 2 fully saturated rings. The lowest BCUT2D eigenvalue weighted by atomic mass is 10.0. The number of nitrogens with zero attached hydrogens (tertiary/aromatic N) is 4. The van der Waals surface area contributed by atoms with Gasteiger partial charge in [-0.3, -0.25) is 14.5 Å². The Morgan fingerprint density at radius 2 is 1.74 bits per heavy atom. The number of hydrogen-bond acceptors (Lipinski definition) is 5. The number of aryl methyl sites for hydroxylation is 2. The number of carbonyl (C=O) groups excluding carboxylic acids is 2. The molecule has 2 saturated heterocycles. The van der Waals surface area contributed by atoms with Crippen molar-refractivity contribution < 1.29 is 9.59 Å². The molecule has 0 aliphatic carbocycles. The van der Waals surface area contributed by atoms with Crippen molar-refractivity contribution in [3.63, 3.8) is 0 Å². The smallest absolute Gasteiger partial charge is 0.282 e. The number of rotatable bonds is 3. The van der Waals surface area contributed by atoms with Crippen LogP contribution in [0.5, 0.6) is 0 Å². The van der Waals surface area contributed by atoms with E-state index >= 15 is 0 Å². The van der Waals surface area contributed by atoms with Crippen molar-refractivity contribution in [2.45, 2.75) is 19.9 Å². The van der Waals surface area contributed by atoms with Crippen LogP contribution in [0.2, 0.25) is 0 Å². The van der Waals surface area contributed by atoms with Crippen LogP contribution in [-0.4, -0.2) is 76.8 Å². The van der Waals surface area contributed by atoms with E-state index in [4.69, 9.17) is 0 Å². The maximum atomic E-state index is 12.6. The van der Waals surface area contributed by atoms with Crippen LogP contribution in [0.3, 0.4) is 0 Å². The summed E-state index contributed by atoms with van der Waals surface area (Å²) in [5, 5.41) is 2.40. The summed E-state index contributed by atoms with van der Waals surface area (Å²) in [6, 6.07) is 6.31. The quantitative estimate of drug-likeness (QED) is 0.813. The van der Waals surface area contributed by atoms with E-state index in [0.29, 0.717) is 11.0 Å². The maximum Gasteiger partial charge on any atom is 0.282 e. The van der Waals surface area contributed by atoms with Crippen LogP contribution in [0.15, 0.2) is 29.8 Å². The van der Waals surface area contributed by atoms with Crippen molar-refractivity contribution in [1.82, 2.24) is 19.7 Å². The Labute approximate surface area is 163 Å². The van der Waals surface area contributed by atoms with Gasteiger partial charge >= 0.3 is 0 Å². The minimum Gasteiger partial charge on any atom is -0.335 e. The molecule has 0 saturated carbocycles. The summed E-state index contributed by atoms with van der Waals surface area (Å²) >= 11 is 1.39. The largest absolute Gasteiger partial charge is 0.335 e. The molecule has 2 aromatic rings. The van der Waals surface area contributed by atoms with Gasteiger partial charge in [-0.25, -0.2) is 4.98 Å². The van der Waals surface area contributed by atoms with Gasteiger partial charge in [-0.15, -0.1) is 11.3 Å². The summed E-state index contributed by atoms with van der Waals surface area (Å²) in [6.45, 7) is 8.79. The van der Waals surface area contributed by atoms with E-state index in [1.807, 2.05) is 40.3 Å². The molecular formula is C20H24N4O2S. The molecular weight excluding hydrogens is 360 g/mol. The second-order valence-electron chi connectivity index (χ2n) is 7.33. The van der Waals surface area contributed by atoms with E-state index in [9.17, 15) is 9.59 Å². The summed E-state index contributed by atoms with van der Waals surface area (Å²) in [6.07, 6.45) is 1.67. The first-order valence-corrected chi connectivity index (χ1v) is 10.2. The van der Waals surface area contributed by atoms with Crippen LogP contribution in [0.4, 0.5) is 0 Å². The fourth-order valence-corrected chi connectivity index (χ4v) is 4.27. The zero-order valence-electron chi connectivity index (χ0n) is 15.7. The van der Waals surface area contributed by atoms with Gasteiger partial charge in [0.25, 0.3) is 11.8 Å². The van der Waals surface area contributed by atoms with Gasteiger partial charge in [0, 0.05) is 62.5 Å². The molecule has 0 radical (unpaired) electrons. The molecule has 4 rings (SSSR count). The molecule has 2 aliphatic heterocycles. The van der Waals surface area contributed by atoms with Crippen molar-refractivity contribution in [3.05, 3.63) is 51.5 Å². The number of aromatic nitrogens is 1. The van der Waals surface area contributed by atoms with Crippen LogP contribution in [0.25, 0.3) is 0 Å². The lowest BCUT2D eigenvalue weighted by Crippen LogP contribution is -2.64. The summed E-state index contributed by atoms with van der Waals surface area (Å²) in [4.78, 5) is 35.3. The minimum atomic E-state index is 0.0322. The topological polar surface area (TPSA) is 56.8 Å². The number of piperazine rings is 1. The normalized spacial score (nSPS) is 18.4. The number of hydrogen-bond donors (Lipinski definition) is 0. The number of amides is 2. The van der Waals surface area contributed by atoms with Gasteiger partial charge < -0.3 is 9.80 Å². The Kier molecular flexibility index (Phi) is 4.97. The molecule has 7 heteroatoms. The summed E-state index contributed by atoms with van der Waals surface area (Å²) in [7, 11) is 0. The Morgan fingerprint density at radius 1 is 1.00 bits per heavy atom. The number of benzene rings is 1. The SMILES string of the molecule is Cc1ccc(C(=O)N2CC(N3CCN(C(=O)c4nccs4)CC3)C2)cc1C. The van der Waals surface area contributed by atoms with Gasteiger partial charge in [-0.1, -0.05) is 6.07 Å². The molecule has 0 unspecified atom stereocenters. The molecule has 0 atom stereocenters. The second kappa shape index (κ2) is 7.40. The maximum absolute atomic E-state index is 12.6. The van der Waals surface area contributed by atoms with E-state index in [0.717, 1.165) is 50.4 Å².